The van der Waals surface area contributed by atoms with Crippen molar-refractivity contribution in [3.05, 3.63) is 11.6 Å². The normalized spacial score (nSPS) is 51.0. The van der Waals surface area contributed by atoms with Crippen molar-refractivity contribution in [2.24, 2.45) is 45.3 Å². The fourth-order valence-electron chi connectivity index (χ4n) is 9.04. The van der Waals surface area contributed by atoms with Gasteiger partial charge in [0, 0.05) is 0 Å². The van der Waals surface area contributed by atoms with Crippen molar-refractivity contribution in [2.75, 3.05) is 0 Å². The Hall–Kier alpha value is -0.260. The van der Waals surface area contributed by atoms with Crippen LogP contribution in [0, 0.1) is 45.3 Å². The molecule has 0 heterocycles. The molecule has 4 aliphatic rings. The van der Waals surface area contributed by atoms with Gasteiger partial charge in [0.25, 0.3) is 0 Å². The smallest absolute Gasteiger partial charge is 0.00568 e. The van der Waals surface area contributed by atoms with Gasteiger partial charge in [-0.3, -0.25) is 0 Å². The second-order valence-corrected chi connectivity index (χ2v) is 12.2. The standard InChI is InChI=1S/C26H44/c1-8-18(2)19-12-16-26(7)21-10-11-22-23(3,4)14-9-15-24(22,5)20(21)13-17-25(19,26)6/h10,18-20,22H,8-9,11-17H2,1-7H3/t18-,19+,20+,22+,24-,25+,26-/m1/s1. The van der Waals surface area contributed by atoms with Crippen molar-refractivity contribution in [3.8, 4) is 0 Å². The second kappa shape index (κ2) is 5.87. The zero-order chi connectivity index (χ0) is 19.0. The first-order valence-corrected chi connectivity index (χ1v) is 11.8. The van der Waals surface area contributed by atoms with E-state index in [2.05, 4.69) is 54.5 Å². The van der Waals surface area contributed by atoms with Gasteiger partial charge in [-0.2, -0.15) is 0 Å². The van der Waals surface area contributed by atoms with Gasteiger partial charge in [-0.25, -0.2) is 0 Å². The largest absolute Gasteiger partial charge is 0.0841 e. The first-order chi connectivity index (χ1) is 12.1. The fourth-order valence-corrected chi connectivity index (χ4v) is 9.04. The van der Waals surface area contributed by atoms with E-state index in [1.165, 1.54) is 57.8 Å². The molecule has 0 saturated heterocycles. The topological polar surface area (TPSA) is 0 Å². The van der Waals surface area contributed by atoms with Crippen molar-refractivity contribution in [2.45, 2.75) is 106 Å². The van der Waals surface area contributed by atoms with Crippen LogP contribution in [0.5, 0.6) is 0 Å². The summed E-state index contributed by atoms with van der Waals surface area (Å²) < 4.78 is 0. The number of fused-ring (bicyclic) bond motifs is 5. The Labute approximate surface area is 163 Å². The summed E-state index contributed by atoms with van der Waals surface area (Å²) in [5.41, 5.74) is 4.03. The Bertz CT molecular complexity index is 597. The summed E-state index contributed by atoms with van der Waals surface area (Å²) in [5, 5.41) is 0. The first-order valence-electron chi connectivity index (χ1n) is 11.8. The molecule has 26 heavy (non-hydrogen) atoms. The highest BCUT2D eigenvalue weighted by atomic mass is 14.7. The second-order valence-electron chi connectivity index (χ2n) is 12.2. The van der Waals surface area contributed by atoms with Crippen LogP contribution in [-0.2, 0) is 0 Å². The Balaban J connectivity index is 1.74. The molecule has 148 valence electrons. The molecule has 0 radical (unpaired) electrons. The van der Waals surface area contributed by atoms with E-state index >= 15 is 0 Å². The van der Waals surface area contributed by atoms with Crippen LogP contribution < -0.4 is 0 Å². The van der Waals surface area contributed by atoms with Crippen LogP contribution in [0.1, 0.15) is 106 Å². The van der Waals surface area contributed by atoms with Crippen LogP contribution in [0.3, 0.4) is 0 Å². The summed E-state index contributed by atoms with van der Waals surface area (Å²) in [6, 6.07) is 0. The predicted octanol–water partition coefficient (Wildman–Crippen LogP) is 8.03. The maximum Gasteiger partial charge on any atom is -0.00568 e. The van der Waals surface area contributed by atoms with Crippen LogP contribution >= 0.6 is 0 Å². The lowest BCUT2D eigenvalue weighted by Gasteiger charge is -2.63. The van der Waals surface area contributed by atoms with Crippen molar-refractivity contribution < 1.29 is 0 Å². The molecule has 0 N–H and O–H groups in total. The summed E-state index contributed by atoms with van der Waals surface area (Å²) in [6.45, 7) is 18.1. The number of hydrogen-bond acceptors (Lipinski definition) is 0. The lowest BCUT2D eigenvalue weighted by molar-refractivity contribution is -0.0797. The van der Waals surface area contributed by atoms with Crippen LogP contribution in [0.15, 0.2) is 11.6 Å². The highest BCUT2D eigenvalue weighted by Crippen LogP contribution is 2.73. The van der Waals surface area contributed by atoms with E-state index in [0.29, 0.717) is 21.7 Å². The van der Waals surface area contributed by atoms with Gasteiger partial charge in [-0.1, -0.05) is 73.0 Å². The first kappa shape index (κ1) is 19.1. The third kappa shape index (κ3) is 2.26. The summed E-state index contributed by atoms with van der Waals surface area (Å²) in [5.74, 6) is 3.60. The molecule has 3 fully saturated rings. The number of allylic oxidation sites excluding steroid dienone is 2. The molecule has 3 saturated carbocycles. The monoisotopic (exact) mass is 356 g/mol. The summed E-state index contributed by atoms with van der Waals surface area (Å²) in [6.07, 6.45) is 15.7. The van der Waals surface area contributed by atoms with Crippen molar-refractivity contribution in [1.29, 1.82) is 0 Å². The summed E-state index contributed by atoms with van der Waals surface area (Å²) in [4.78, 5) is 0. The average Bonchev–Trinajstić information content (AvgIpc) is 2.85. The summed E-state index contributed by atoms with van der Waals surface area (Å²) in [7, 11) is 0. The van der Waals surface area contributed by atoms with E-state index in [1.54, 1.807) is 0 Å². The minimum absolute atomic E-state index is 0.472. The van der Waals surface area contributed by atoms with Gasteiger partial charge in [0.05, 0.1) is 0 Å². The summed E-state index contributed by atoms with van der Waals surface area (Å²) >= 11 is 0. The van der Waals surface area contributed by atoms with E-state index < -0.39 is 0 Å². The quantitative estimate of drug-likeness (QED) is 0.439. The molecular formula is C26H44. The molecule has 0 aromatic carbocycles. The maximum absolute atomic E-state index is 2.79. The molecule has 0 nitrogen and oxygen atoms in total. The average molecular weight is 357 g/mol. The van der Waals surface area contributed by atoms with Gasteiger partial charge >= 0.3 is 0 Å². The molecule has 4 aliphatic carbocycles. The van der Waals surface area contributed by atoms with Gasteiger partial charge in [-0.15, -0.1) is 0 Å². The SMILES string of the molecule is CC[C@@H](C)[C@@H]1CC[C@]2(C)C3=CC[C@H]4C(C)(C)CCC[C@]4(C)[C@H]3CC[C@@]12C. The highest BCUT2D eigenvalue weighted by molar-refractivity contribution is 5.33. The third-order valence-electron chi connectivity index (χ3n) is 11.0. The fraction of sp³-hybridized carbons (Fsp3) is 0.923. The van der Waals surface area contributed by atoms with E-state index in [9.17, 15) is 0 Å². The van der Waals surface area contributed by atoms with Gasteiger partial charge < -0.3 is 0 Å². The highest BCUT2D eigenvalue weighted by Gasteiger charge is 2.64. The van der Waals surface area contributed by atoms with Crippen molar-refractivity contribution in [1.82, 2.24) is 0 Å². The van der Waals surface area contributed by atoms with Crippen molar-refractivity contribution in [3.63, 3.8) is 0 Å². The number of hydrogen-bond donors (Lipinski definition) is 0. The Kier molecular flexibility index (Phi) is 4.31. The minimum atomic E-state index is 0.472. The van der Waals surface area contributed by atoms with Crippen LogP contribution in [0.4, 0.5) is 0 Å². The lowest BCUT2D eigenvalue weighted by Crippen LogP contribution is -2.55. The molecule has 0 bridgehead atoms. The molecule has 0 amide bonds. The molecule has 4 rings (SSSR count). The van der Waals surface area contributed by atoms with Gasteiger partial charge in [-0.05, 0) is 90.3 Å². The molecule has 0 unspecified atom stereocenters. The Morgan fingerprint density at radius 1 is 1.00 bits per heavy atom. The molecule has 0 aromatic rings. The molecule has 0 aliphatic heterocycles. The van der Waals surface area contributed by atoms with Gasteiger partial charge in [0.2, 0.25) is 0 Å². The molecule has 7 atom stereocenters. The minimum Gasteiger partial charge on any atom is -0.0841 e. The van der Waals surface area contributed by atoms with Crippen LogP contribution in [0.25, 0.3) is 0 Å². The van der Waals surface area contributed by atoms with Crippen LogP contribution in [-0.4, -0.2) is 0 Å². The van der Waals surface area contributed by atoms with Gasteiger partial charge in [0.15, 0.2) is 0 Å². The molecular weight excluding hydrogens is 312 g/mol. The lowest BCUT2D eigenvalue weighted by atomic mass is 9.41. The molecule has 0 heteroatoms. The molecule has 0 spiro atoms. The predicted molar refractivity (Wildman–Crippen MR) is 113 cm³/mol. The zero-order valence-electron chi connectivity index (χ0n) is 18.8. The van der Waals surface area contributed by atoms with E-state index in [1.807, 2.05) is 5.57 Å². The zero-order valence-corrected chi connectivity index (χ0v) is 18.8. The van der Waals surface area contributed by atoms with E-state index in [0.717, 1.165) is 23.7 Å². The van der Waals surface area contributed by atoms with Crippen molar-refractivity contribution >= 4 is 0 Å². The maximum atomic E-state index is 2.79. The molecule has 0 aromatic heterocycles. The third-order valence-corrected chi connectivity index (χ3v) is 11.0. The van der Waals surface area contributed by atoms with E-state index in [4.69, 9.17) is 0 Å². The van der Waals surface area contributed by atoms with Crippen LogP contribution in [0.2, 0.25) is 0 Å². The van der Waals surface area contributed by atoms with E-state index in [-0.39, 0.29) is 0 Å². The Morgan fingerprint density at radius 3 is 2.42 bits per heavy atom. The Morgan fingerprint density at radius 2 is 1.73 bits per heavy atom. The number of rotatable bonds is 2. The van der Waals surface area contributed by atoms with Gasteiger partial charge in [0.1, 0.15) is 0 Å².